The molecule has 5 heteroatoms. The van der Waals surface area contributed by atoms with E-state index in [0.29, 0.717) is 17.6 Å². The van der Waals surface area contributed by atoms with E-state index < -0.39 is 0 Å². The maximum Gasteiger partial charge on any atom is 0.238 e. The molecule has 0 aliphatic heterocycles. The number of hydrogen-bond acceptors (Lipinski definition) is 3. The van der Waals surface area contributed by atoms with Crippen molar-refractivity contribution in [3.8, 4) is 90.0 Å². The van der Waals surface area contributed by atoms with Gasteiger partial charge in [-0.3, -0.25) is 4.57 Å². The van der Waals surface area contributed by atoms with E-state index in [2.05, 4.69) is 270 Å². The molecule has 0 spiro atoms. The molecule has 11 aromatic carbocycles. The lowest BCUT2D eigenvalue weighted by atomic mass is 9.93. The predicted molar refractivity (Wildman–Crippen MR) is 307 cm³/mol. The Labute approximate surface area is 428 Å². The Hall–Kier alpha value is -9.97. The van der Waals surface area contributed by atoms with Gasteiger partial charge in [0.05, 0.1) is 27.8 Å². The van der Waals surface area contributed by atoms with Gasteiger partial charge in [-0.1, -0.05) is 249 Å². The molecule has 3 aromatic heterocycles. The van der Waals surface area contributed by atoms with Crippen molar-refractivity contribution in [3.05, 3.63) is 273 Å². The predicted octanol–water partition coefficient (Wildman–Crippen LogP) is 17.7. The first kappa shape index (κ1) is 42.9. The fraction of sp³-hybridized carbons (Fsp3) is 0. The fourth-order valence-electron chi connectivity index (χ4n) is 10.9. The third kappa shape index (κ3) is 7.37. The summed E-state index contributed by atoms with van der Waals surface area (Å²) in [6.07, 6.45) is 0. The molecule has 14 aromatic rings. The Morgan fingerprint density at radius 1 is 0.230 bits per heavy atom. The summed E-state index contributed by atoms with van der Waals surface area (Å²) in [5.74, 6) is 1.71. The fourth-order valence-corrected chi connectivity index (χ4v) is 10.9. The Balaban J connectivity index is 1.09. The van der Waals surface area contributed by atoms with Crippen LogP contribution in [0.4, 0.5) is 0 Å². The quantitative estimate of drug-likeness (QED) is 0.145. The molecule has 0 unspecified atom stereocenters. The smallest absolute Gasteiger partial charge is 0.238 e. The zero-order valence-corrected chi connectivity index (χ0v) is 40.2. The molecule has 0 radical (unpaired) electrons. The van der Waals surface area contributed by atoms with Gasteiger partial charge in [0, 0.05) is 43.8 Å². The van der Waals surface area contributed by atoms with Gasteiger partial charge in [0.1, 0.15) is 0 Å². The lowest BCUT2D eigenvalue weighted by Crippen LogP contribution is -2.07. The first-order chi connectivity index (χ1) is 36.7. The summed E-state index contributed by atoms with van der Waals surface area (Å²) in [5, 5.41) is 4.49. The Morgan fingerprint density at radius 3 is 1.19 bits per heavy atom. The third-order valence-corrected chi connectivity index (χ3v) is 14.4. The van der Waals surface area contributed by atoms with Crippen LogP contribution in [-0.2, 0) is 0 Å². The number of fused-ring (bicyclic) bond motifs is 7. The molecule has 0 N–H and O–H groups in total. The molecule has 0 aliphatic carbocycles. The van der Waals surface area contributed by atoms with Crippen LogP contribution in [0.15, 0.2) is 273 Å². The van der Waals surface area contributed by atoms with Gasteiger partial charge in [-0.15, -0.1) is 0 Å². The van der Waals surface area contributed by atoms with Crippen LogP contribution in [0.25, 0.3) is 134 Å². The average Bonchev–Trinajstić information content (AvgIpc) is 4.01. The van der Waals surface area contributed by atoms with E-state index in [-0.39, 0.29) is 0 Å². The van der Waals surface area contributed by atoms with Crippen LogP contribution in [0.2, 0.25) is 0 Å². The second kappa shape index (κ2) is 18.0. The van der Waals surface area contributed by atoms with Gasteiger partial charge in [0.25, 0.3) is 0 Å². The number of para-hydroxylation sites is 3. The molecule has 0 saturated carbocycles. The summed E-state index contributed by atoms with van der Waals surface area (Å²) in [7, 11) is 0. The van der Waals surface area contributed by atoms with E-state index in [4.69, 9.17) is 15.0 Å². The SMILES string of the molecule is c1ccc(-c2ccc(-c3nc(-c4cccc(-c5ccccc5)c4)nc(-n4c5ccccc5c5ccc6c7ccccc7n(-c7c(-c8ccccc8)cccc7-c7cccc(-c8ccccc8)c7)c6c54)n3)cc2)cc1. The van der Waals surface area contributed by atoms with Crippen molar-refractivity contribution < 1.29 is 0 Å². The van der Waals surface area contributed by atoms with Crippen LogP contribution < -0.4 is 0 Å². The van der Waals surface area contributed by atoms with Crippen LogP contribution in [-0.4, -0.2) is 24.1 Å². The van der Waals surface area contributed by atoms with E-state index in [1.165, 1.54) is 5.56 Å². The van der Waals surface area contributed by atoms with Crippen molar-refractivity contribution in [1.82, 2.24) is 24.1 Å². The molecule has 14 rings (SSSR count). The molecule has 0 amide bonds. The number of aromatic nitrogens is 5. The van der Waals surface area contributed by atoms with Crippen molar-refractivity contribution in [2.75, 3.05) is 0 Å². The monoisotopic (exact) mass is 943 g/mol. The lowest BCUT2D eigenvalue weighted by molar-refractivity contribution is 0.953. The topological polar surface area (TPSA) is 48.5 Å². The normalized spacial score (nSPS) is 11.5. The van der Waals surface area contributed by atoms with E-state index in [1.54, 1.807) is 0 Å². The Bertz CT molecular complexity index is 4390. The summed E-state index contributed by atoms with van der Waals surface area (Å²) in [6, 6.07) is 97.2. The third-order valence-electron chi connectivity index (χ3n) is 14.4. The Kier molecular flexibility index (Phi) is 10.4. The molecule has 74 heavy (non-hydrogen) atoms. The molecule has 3 heterocycles. The van der Waals surface area contributed by atoms with Gasteiger partial charge < -0.3 is 4.57 Å². The number of rotatable bonds is 9. The van der Waals surface area contributed by atoms with Gasteiger partial charge >= 0.3 is 0 Å². The summed E-state index contributed by atoms with van der Waals surface area (Å²) < 4.78 is 4.81. The highest BCUT2D eigenvalue weighted by atomic mass is 15.2. The lowest BCUT2D eigenvalue weighted by Gasteiger charge is -2.20. The molecular weight excluding hydrogens is 899 g/mol. The number of benzene rings is 11. The minimum absolute atomic E-state index is 0.532. The van der Waals surface area contributed by atoms with E-state index in [9.17, 15) is 0 Å². The van der Waals surface area contributed by atoms with Gasteiger partial charge in [-0.25, -0.2) is 4.98 Å². The highest BCUT2D eigenvalue weighted by Crippen LogP contribution is 2.46. The van der Waals surface area contributed by atoms with Gasteiger partial charge in [-0.05, 0) is 68.8 Å². The van der Waals surface area contributed by atoms with E-state index in [1.807, 2.05) is 12.1 Å². The molecule has 0 fully saturated rings. The van der Waals surface area contributed by atoms with Crippen molar-refractivity contribution in [3.63, 3.8) is 0 Å². The molecular formula is C69H45N5. The van der Waals surface area contributed by atoms with Crippen molar-refractivity contribution in [2.24, 2.45) is 0 Å². The van der Waals surface area contributed by atoms with Crippen LogP contribution in [0.1, 0.15) is 0 Å². The largest absolute Gasteiger partial charge is 0.306 e. The highest BCUT2D eigenvalue weighted by molar-refractivity contribution is 6.24. The summed E-state index contributed by atoms with van der Waals surface area (Å²) in [6.45, 7) is 0. The van der Waals surface area contributed by atoms with Crippen LogP contribution in [0.3, 0.4) is 0 Å². The zero-order chi connectivity index (χ0) is 49.0. The van der Waals surface area contributed by atoms with Crippen LogP contribution >= 0.6 is 0 Å². The second-order valence-electron chi connectivity index (χ2n) is 18.8. The molecule has 0 atom stereocenters. The zero-order valence-electron chi connectivity index (χ0n) is 40.2. The van der Waals surface area contributed by atoms with Crippen LogP contribution in [0.5, 0.6) is 0 Å². The highest BCUT2D eigenvalue weighted by Gasteiger charge is 2.26. The summed E-state index contributed by atoms with van der Waals surface area (Å²) in [5.41, 5.74) is 18.4. The number of nitrogens with zero attached hydrogens (tertiary/aromatic N) is 5. The average molecular weight is 944 g/mol. The van der Waals surface area contributed by atoms with Gasteiger partial charge in [-0.2, -0.15) is 9.97 Å². The minimum Gasteiger partial charge on any atom is -0.306 e. The van der Waals surface area contributed by atoms with Gasteiger partial charge in [0.2, 0.25) is 5.95 Å². The molecule has 0 aliphatic rings. The van der Waals surface area contributed by atoms with Crippen molar-refractivity contribution in [1.29, 1.82) is 0 Å². The molecule has 5 nitrogen and oxygen atoms in total. The Morgan fingerprint density at radius 2 is 0.608 bits per heavy atom. The molecule has 0 saturated heterocycles. The minimum atomic E-state index is 0.532. The maximum absolute atomic E-state index is 5.54. The first-order valence-corrected chi connectivity index (χ1v) is 25.1. The van der Waals surface area contributed by atoms with Crippen LogP contribution in [0, 0.1) is 0 Å². The summed E-state index contributed by atoms with van der Waals surface area (Å²) >= 11 is 0. The maximum atomic E-state index is 5.54. The molecule has 0 bridgehead atoms. The van der Waals surface area contributed by atoms with Gasteiger partial charge in [0.15, 0.2) is 11.6 Å². The first-order valence-electron chi connectivity index (χ1n) is 25.1. The number of hydrogen-bond donors (Lipinski definition) is 0. The summed E-state index contributed by atoms with van der Waals surface area (Å²) in [4.78, 5) is 16.4. The standard InChI is InChI=1S/C69H45N5/c1-5-20-46(21-6-1)49-38-40-51(41-39-49)67-70-68(55-31-18-29-53(45-55)48-24-9-3-10-25-48)72-69(71-67)74-63-37-16-14-33-59(63)61-43-42-60-58-32-13-15-36-62(58)73(65(60)66(61)74)64-56(50-26-11-4-12-27-50)34-19-35-57(64)54-30-17-28-52(44-54)47-22-7-2-8-23-47/h1-45H. The van der Waals surface area contributed by atoms with E-state index >= 15 is 0 Å². The van der Waals surface area contributed by atoms with E-state index in [0.717, 1.165) is 110 Å². The molecule has 346 valence electrons. The van der Waals surface area contributed by atoms with Crippen molar-refractivity contribution in [2.45, 2.75) is 0 Å². The van der Waals surface area contributed by atoms with Crippen molar-refractivity contribution >= 4 is 43.6 Å². The second-order valence-corrected chi connectivity index (χ2v) is 18.8.